The van der Waals surface area contributed by atoms with E-state index >= 15 is 0 Å². The number of benzene rings is 1. The summed E-state index contributed by atoms with van der Waals surface area (Å²) in [6.07, 6.45) is 0.604. The van der Waals surface area contributed by atoms with Crippen molar-refractivity contribution in [2.24, 2.45) is 5.73 Å². The Morgan fingerprint density at radius 3 is 2.22 bits per heavy atom. The van der Waals surface area contributed by atoms with Gasteiger partial charge >= 0.3 is 0 Å². The van der Waals surface area contributed by atoms with E-state index in [9.17, 15) is 0 Å². The smallest absolute Gasteiger partial charge is 0.119 e. The van der Waals surface area contributed by atoms with Crippen molar-refractivity contribution < 1.29 is 9.84 Å². The quantitative estimate of drug-likeness (QED) is 0.817. The largest absolute Gasteiger partial charge is 0.491 e. The van der Waals surface area contributed by atoms with E-state index in [1.807, 2.05) is 26.0 Å². The molecule has 0 amide bonds. The Labute approximate surface area is 110 Å². The van der Waals surface area contributed by atoms with Crippen LogP contribution in [0.2, 0.25) is 0 Å². The molecule has 0 fully saturated rings. The second-order valence-corrected chi connectivity index (χ2v) is 5.67. The van der Waals surface area contributed by atoms with Crippen molar-refractivity contribution in [3.63, 3.8) is 0 Å². The number of hydrogen-bond acceptors (Lipinski definition) is 3. The van der Waals surface area contributed by atoms with E-state index in [0.29, 0.717) is 12.3 Å². The topological polar surface area (TPSA) is 55.5 Å². The number of ether oxygens (including phenoxy) is 1. The van der Waals surface area contributed by atoms with Crippen LogP contribution in [-0.4, -0.2) is 23.4 Å². The van der Waals surface area contributed by atoms with Crippen LogP contribution in [0.5, 0.6) is 5.75 Å². The van der Waals surface area contributed by atoms with Gasteiger partial charge in [-0.25, -0.2) is 0 Å². The van der Waals surface area contributed by atoms with Gasteiger partial charge in [-0.2, -0.15) is 0 Å². The zero-order chi connectivity index (χ0) is 13.8. The van der Waals surface area contributed by atoms with Crippen LogP contribution in [0.15, 0.2) is 24.3 Å². The number of aliphatic hydroxyl groups is 1. The SMILES string of the molecule is CC(CC(C)(N)CO)Oc1ccc(C(C)C)cc1. The lowest BCUT2D eigenvalue weighted by molar-refractivity contribution is 0.133. The number of nitrogens with two attached hydrogens (primary N) is 1. The lowest BCUT2D eigenvalue weighted by Gasteiger charge is -2.26. The van der Waals surface area contributed by atoms with Crippen LogP contribution in [0.4, 0.5) is 0 Å². The maximum Gasteiger partial charge on any atom is 0.119 e. The molecule has 0 saturated heterocycles. The molecule has 1 aromatic rings. The van der Waals surface area contributed by atoms with Crippen molar-refractivity contribution in [1.29, 1.82) is 0 Å². The van der Waals surface area contributed by atoms with Crippen molar-refractivity contribution in [2.75, 3.05) is 6.61 Å². The molecule has 0 radical (unpaired) electrons. The number of aliphatic hydroxyl groups excluding tert-OH is 1. The average Bonchev–Trinajstić information content (AvgIpc) is 2.29. The van der Waals surface area contributed by atoms with Crippen molar-refractivity contribution in [2.45, 2.75) is 51.7 Å². The van der Waals surface area contributed by atoms with Crippen LogP contribution in [0.3, 0.4) is 0 Å². The second-order valence-electron chi connectivity index (χ2n) is 5.67. The molecule has 3 N–H and O–H groups in total. The summed E-state index contributed by atoms with van der Waals surface area (Å²) in [6, 6.07) is 8.14. The molecule has 102 valence electrons. The Hall–Kier alpha value is -1.06. The van der Waals surface area contributed by atoms with Gasteiger partial charge in [0, 0.05) is 12.0 Å². The molecule has 0 saturated carbocycles. The molecule has 3 heteroatoms. The highest BCUT2D eigenvalue weighted by Crippen LogP contribution is 2.21. The molecule has 1 rings (SSSR count). The Morgan fingerprint density at radius 1 is 1.22 bits per heavy atom. The van der Waals surface area contributed by atoms with Crippen LogP contribution in [0, 0.1) is 0 Å². The molecule has 0 bridgehead atoms. The minimum Gasteiger partial charge on any atom is -0.491 e. The Balaban J connectivity index is 2.57. The molecular formula is C15H25NO2. The molecule has 0 aliphatic heterocycles. The first-order valence-electron chi connectivity index (χ1n) is 6.50. The van der Waals surface area contributed by atoms with Crippen LogP contribution >= 0.6 is 0 Å². The summed E-state index contributed by atoms with van der Waals surface area (Å²) < 4.78 is 5.80. The van der Waals surface area contributed by atoms with Crippen LogP contribution in [-0.2, 0) is 0 Å². The van der Waals surface area contributed by atoms with Gasteiger partial charge in [0.1, 0.15) is 5.75 Å². The second kappa shape index (κ2) is 6.21. The third-order valence-electron chi connectivity index (χ3n) is 3.00. The van der Waals surface area contributed by atoms with Gasteiger partial charge in [-0.15, -0.1) is 0 Å². The van der Waals surface area contributed by atoms with Gasteiger partial charge < -0.3 is 15.6 Å². The van der Waals surface area contributed by atoms with E-state index in [4.69, 9.17) is 15.6 Å². The zero-order valence-electron chi connectivity index (χ0n) is 11.8. The molecule has 0 heterocycles. The van der Waals surface area contributed by atoms with Gasteiger partial charge in [0.25, 0.3) is 0 Å². The van der Waals surface area contributed by atoms with Crippen molar-refractivity contribution in [3.8, 4) is 5.75 Å². The molecule has 18 heavy (non-hydrogen) atoms. The predicted molar refractivity (Wildman–Crippen MR) is 74.9 cm³/mol. The molecule has 1 aromatic carbocycles. The fourth-order valence-corrected chi connectivity index (χ4v) is 1.93. The molecule has 0 spiro atoms. The number of rotatable bonds is 6. The van der Waals surface area contributed by atoms with Crippen molar-refractivity contribution >= 4 is 0 Å². The molecule has 0 aliphatic rings. The summed E-state index contributed by atoms with van der Waals surface area (Å²) in [4.78, 5) is 0. The minimum atomic E-state index is -0.586. The summed E-state index contributed by atoms with van der Waals surface area (Å²) >= 11 is 0. The van der Waals surface area contributed by atoms with E-state index < -0.39 is 5.54 Å². The molecule has 0 aromatic heterocycles. The van der Waals surface area contributed by atoms with Crippen molar-refractivity contribution in [1.82, 2.24) is 0 Å². The van der Waals surface area contributed by atoms with E-state index in [1.54, 1.807) is 0 Å². The lowest BCUT2D eigenvalue weighted by Crippen LogP contribution is -2.43. The zero-order valence-corrected chi connectivity index (χ0v) is 11.8. The fourth-order valence-electron chi connectivity index (χ4n) is 1.93. The summed E-state index contributed by atoms with van der Waals surface area (Å²) in [7, 11) is 0. The normalized spacial score (nSPS) is 16.4. The highest BCUT2D eigenvalue weighted by molar-refractivity contribution is 5.29. The third kappa shape index (κ3) is 4.67. The van der Waals surface area contributed by atoms with Gasteiger partial charge in [-0.1, -0.05) is 26.0 Å². The highest BCUT2D eigenvalue weighted by Gasteiger charge is 2.21. The first-order chi connectivity index (χ1) is 8.34. The van der Waals surface area contributed by atoms with Gasteiger partial charge in [-0.3, -0.25) is 0 Å². The summed E-state index contributed by atoms with van der Waals surface area (Å²) in [5, 5.41) is 9.13. The van der Waals surface area contributed by atoms with Gasteiger partial charge in [0.2, 0.25) is 0 Å². The number of hydrogen-bond donors (Lipinski definition) is 2. The monoisotopic (exact) mass is 251 g/mol. The van der Waals surface area contributed by atoms with Crippen molar-refractivity contribution in [3.05, 3.63) is 29.8 Å². The maximum absolute atomic E-state index is 9.13. The van der Waals surface area contributed by atoms with E-state index in [1.165, 1.54) is 5.56 Å². The third-order valence-corrected chi connectivity index (χ3v) is 3.00. The first kappa shape index (κ1) is 15.0. The van der Waals surface area contributed by atoms with Crippen LogP contribution in [0.1, 0.15) is 45.6 Å². The maximum atomic E-state index is 9.13. The molecular weight excluding hydrogens is 226 g/mol. The first-order valence-corrected chi connectivity index (χ1v) is 6.50. The summed E-state index contributed by atoms with van der Waals surface area (Å²) in [5.74, 6) is 1.37. The van der Waals surface area contributed by atoms with Crippen LogP contribution < -0.4 is 10.5 Å². The summed E-state index contributed by atoms with van der Waals surface area (Å²) in [5.41, 5.74) is 6.62. The molecule has 3 nitrogen and oxygen atoms in total. The molecule has 0 aliphatic carbocycles. The highest BCUT2D eigenvalue weighted by atomic mass is 16.5. The van der Waals surface area contributed by atoms with Gasteiger partial charge in [-0.05, 0) is 37.5 Å². The summed E-state index contributed by atoms with van der Waals surface area (Å²) in [6.45, 7) is 8.10. The van der Waals surface area contributed by atoms with E-state index in [2.05, 4.69) is 26.0 Å². The molecule has 2 atom stereocenters. The van der Waals surface area contributed by atoms with E-state index in [-0.39, 0.29) is 12.7 Å². The average molecular weight is 251 g/mol. The Bertz CT molecular complexity index is 357. The fraction of sp³-hybridized carbons (Fsp3) is 0.600. The van der Waals surface area contributed by atoms with Gasteiger partial charge in [0.05, 0.1) is 12.7 Å². The Morgan fingerprint density at radius 2 is 1.78 bits per heavy atom. The minimum absolute atomic E-state index is 0.0166. The lowest BCUT2D eigenvalue weighted by atomic mass is 9.97. The standard InChI is InChI=1S/C15H25NO2/c1-11(2)13-5-7-14(8-6-13)18-12(3)9-15(4,16)10-17/h5-8,11-12,17H,9-10,16H2,1-4H3. The van der Waals surface area contributed by atoms with E-state index in [0.717, 1.165) is 5.75 Å². The Kier molecular flexibility index (Phi) is 5.17. The predicted octanol–water partition coefficient (Wildman–Crippen LogP) is 2.68. The molecule has 2 unspecified atom stereocenters. The van der Waals surface area contributed by atoms with Crippen LogP contribution in [0.25, 0.3) is 0 Å². The van der Waals surface area contributed by atoms with Gasteiger partial charge in [0.15, 0.2) is 0 Å².